The summed E-state index contributed by atoms with van der Waals surface area (Å²) in [4.78, 5) is 35.0. The molecule has 2 unspecified atom stereocenters. The molecule has 0 rings (SSSR count). The van der Waals surface area contributed by atoms with Crippen LogP contribution < -0.4 is 5.73 Å². The van der Waals surface area contributed by atoms with E-state index in [0.29, 0.717) is 12.8 Å². The van der Waals surface area contributed by atoms with Crippen LogP contribution in [0.2, 0.25) is 0 Å². The van der Waals surface area contributed by atoms with E-state index in [1.165, 1.54) is 32.1 Å². The second-order valence-corrected chi connectivity index (χ2v) is 18.1. The first-order chi connectivity index (χ1) is 32.8. The third-order valence-electron chi connectivity index (χ3n) is 10.3. The topological polar surface area (TPSA) is 134 Å². The summed E-state index contributed by atoms with van der Waals surface area (Å²) >= 11 is 0. The SMILES string of the molecule is CC/C=C\C/C=C\C/C=C\C/C=C\C/C=C\C/C=C\C/C=C\C/C=C\C/C=C\CCCCCCCC(=O)OC(COC(=O)CCCCCCC/C=C\CCCCCC)COP(=O)(O)OCCN. The molecule has 0 saturated heterocycles. The maximum Gasteiger partial charge on any atom is 0.472 e. The molecule has 0 aliphatic heterocycles. The first-order valence-electron chi connectivity index (χ1n) is 26.0. The van der Waals surface area contributed by atoms with Crippen LogP contribution in [0.1, 0.15) is 194 Å². The highest BCUT2D eigenvalue weighted by atomic mass is 31.2. The average molecular weight is 952 g/mol. The quantitative estimate of drug-likeness (QED) is 0.0265. The summed E-state index contributed by atoms with van der Waals surface area (Å²) in [5.74, 6) is -0.871. The lowest BCUT2D eigenvalue weighted by atomic mass is 10.1. The van der Waals surface area contributed by atoms with Crippen molar-refractivity contribution in [1.29, 1.82) is 0 Å². The number of ether oxygens (including phenoxy) is 2. The third-order valence-corrected chi connectivity index (χ3v) is 11.3. The van der Waals surface area contributed by atoms with Crippen LogP contribution in [0.15, 0.2) is 122 Å². The molecule has 0 aliphatic carbocycles. The number of hydrogen-bond donors (Lipinski definition) is 2. The van der Waals surface area contributed by atoms with Crippen LogP contribution in [0.25, 0.3) is 0 Å². The zero-order valence-electron chi connectivity index (χ0n) is 42.1. The first kappa shape index (κ1) is 63.4. The van der Waals surface area contributed by atoms with Gasteiger partial charge in [-0.1, -0.05) is 193 Å². The van der Waals surface area contributed by atoms with Crippen LogP contribution >= 0.6 is 7.82 Å². The number of unbranched alkanes of at least 4 members (excludes halogenated alkanes) is 14. The van der Waals surface area contributed by atoms with Gasteiger partial charge in [-0.05, 0) is 109 Å². The van der Waals surface area contributed by atoms with Crippen molar-refractivity contribution in [1.82, 2.24) is 0 Å². The van der Waals surface area contributed by atoms with Crippen molar-refractivity contribution in [3.05, 3.63) is 122 Å². The Morgan fingerprint density at radius 2 is 0.821 bits per heavy atom. The van der Waals surface area contributed by atoms with Crippen molar-refractivity contribution >= 4 is 19.8 Å². The molecule has 2 atom stereocenters. The Morgan fingerprint density at radius 3 is 1.24 bits per heavy atom. The van der Waals surface area contributed by atoms with E-state index in [1.54, 1.807) is 0 Å². The Balaban J connectivity index is 4.10. The van der Waals surface area contributed by atoms with Crippen molar-refractivity contribution in [3.8, 4) is 0 Å². The van der Waals surface area contributed by atoms with Crippen LogP contribution in [-0.4, -0.2) is 49.3 Å². The van der Waals surface area contributed by atoms with Gasteiger partial charge in [-0.2, -0.15) is 0 Å². The number of carbonyl (C=O) groups excluding carboxylic acids is 2. The van der Waals surface area contributed by atoms with Gasteiger partial charge in [0.2, 0.25) is 0 Å². The molecule has 3 N–H and O–H groups in total. The normalized spacial score (nSPS) is 14.1. The molecule has 67 heavy (non-hydrogen) atoms. The molecule has 0 amide bonds. The molecule has 0 aromatic heterocycles. The van der Waals surface area contributed by atoms with E-state index >= 15 is 0 Å². The molecule has 10 heteroatoms. The summed E-state index contributed by atoms with van der Waals surface area (Å²) in [6.45, 7) is 3.55. The molecule has 0 aliphatic rings. The number of allylic oxidation sites excluding steroid dienone is 20. The summed E-state index contributed by atoms with van der Waals surface area (Å²) < 4.78 is 32.8. The Bertz CT molecular complexity index is 1500. The lowest BCUT2D eigenvalue weighted by molar-refractivity contribution is -0.161. The van der Waals surface area contributed by atoms with Crippen molar-refractivity contribution in [2.45, 2.75) is 200 Å². The van der Waals surface area contributed by atoms with Gasteiger partial charge in [0, 0.05) is 19.4 Å². The molecule has 0 fully saturated rings. The minimum absolute atomic E-state index is 0.0424. The van der Waals surface area contributed by atoms with Crippen molar-refractivity contribution in [3.63, 3.8) is 0 Å². The largest absolute Gasteiger partial charge is 0.472 e. The third kappa shape index (κ3) is 51.6. The van der Waals surface area contributed by atoms with Gasteiger partial charge in [0.05, 0.1) is 13.2 Å². The van der Waals surface area contributed by atoms with Gasteiger partial charge >= 0.3 is 19.8 Å². The monoisotopic (exact) mass is 952 g/mol. The summed E-state index contributed by atoms with van der Waals surface area (Å²) in [6, 6.07) is 0. The summed E-state index contributed by atoms with van der Waals surface area (Å²) in [5, 5.41) is 0. The van der Waals surface area contributed by atoms with E-state index in [2.05, 4.69) is 135 Å². The molecule has 9 nitrogen and oxygen atoms in total. The minimum atomic E-state index is -4.40. The molecule has 0 spiro atoms. The van der Waals surface area contributed by atoms with Gasteiger partial charge in [-0.3, -0.25) is 18.6 Å². The van der Waals surface area contributed by atoms with Crippen molar-refractivity contribution < 1.29 is 37.6 Å². The van der Waals surface area contributed by atoms with Crippen molar-refractivity contribution in [2.75, 3.05) is 26.4 Å². The number of carbonyl (C=O) groups is 2. The standard InChI is InChI=1S/C57H94NO8P/c1-3-5-7-9-11-13-15-17-18-19-20-21-22-23-24-25-26-27-28-29-30-31-32-33-34-35-36-38-40-42-44-46-48-50-57(60)66-55(54-65-67(61,62)64-52-51-58)53-63-56(59)49-47-45-43-41-39-37-16-14-12-10-8-6-4-2/h5,7,11,13-14,16-18,20-21,23-24,26-27,29-30,32-33,35-36,55H,3-4,6,8-10,12,15,19,22,25,28,31,34,37-54,58H2,1-2H3,(H,61,62)/b7-5-,13-11-,16-14-,18-17-,21-20-,24-23-,27-26-,30-29-,33-32-,36-35-. The second kappa shape index (κ2) is 51.8. The zero-order chi connectivity index (χ0) is 48.8. The number of hydrogen-bond acceptors (Lipinski definition) is 8. The smallest absolute Gasteiger partial charge is 0.462 e. The van der Waals surface area contributed by atoms with Crippen LogP contribution in [0.3, 0.4) is 0 Å². The molecular formula is C57H94NO8P. The fourth-order valence-corrected chi connectivity index (χ4v) is 7.27. The van der Waals surface area contributed by atoms with E-state index < -0.39 is 32.5 Å². The number of phosphoric acid groups is 1. The lowest BCUT2D eigenvalue weighted by Gasteiger charge is -2.19. The number of rotatable bonds is 47. The fraction of sp³-hybridized carbons (Fsp3) is 0.614. The van der Waals surface area contributed by atoms with Crippen LogP contribution in [0, 0.1) is 0 Å². The molecular weight excluding hydrogens is 858 g/mol. The molecule has 0 radical (unpaired) electrons. The first-order valence-corrected chi connectivity index (χ1v) is 27.5. The van der Waals surface area contributed by atoms with Crippen LogP contribution in [-0.2, 0) is 32.7 Å². The van der Waals surface area contributed by atoms with E-state index in [0.717, 1.165) is 122 Å². The maximum atomic E-state index is 12.6. The molecule has 0 saturated carbocycles. The Morgan fingerprint density at radius 1 is 0.463 bits per heavy atom. The van der Waals surface area contributed by atoms with Gasteiger partial charge in [-0.25, -0.2) is 4.57 Å². The number of phosphoric ester groups is 1. The molecule has 0 aromatic rings. The Labute approximate surface area is 409 Å². The van der Waals surface area contributed by atoms with Gasteiger partial charge in [-0.15, -0.1) is 0 Å². The van der Waals surface area contributed by atoms with E-state index in [4.69, 9.17) is 24.3 Å². The van der Waals surface area contributed by atoms with Crippen LogP contribution in [0.4, 0.5) is 0 Å². The van der Waals surface area contributed by atoms with Gasteiger partial charge < -0.3 is 20.1 Å². The van der Waals surface area contributed by atoms with E-state index in [1.807, 2.05) is 0 Å². The van der Waals surface area contributed by atoms with Gasteiger partial charge in [0.25, 0.3) is 0 Å². The van der Waals surface area contributed by atoms with E-state index in [-0.39, 0.29) is 32.6 Å². The average Bonchev–Trinajstić information content (AvgIpc) is 3.32. The Kier molecular flexibility index (Phi) is 49.0. The zero-order valence-corrected chi connectivity index (χ0v) is 43.0. The summed E-state index contributed by atoms with van der Waals surface area (Å²) in [6.07, 6.45) is 71.0. The van der Waals surface area contributed by atoms with Crippen molar-refractivity contribution in [2.24, 2.45) is 5.73 Å². The Hall–Kier alpha value is -3.59. The highest BCUT2D eigenvalue weighted by molar-refractivity contribution is 7.47. The number of esters is 2. The maximum absolute atomic E-state index is 12.6. The number of nitrogens with two attached hydrogens (primary N) is 1. The fourth-order valence-electron chi connectivity index (χ4n) is 6.50. The predicted molar refractivity (Wildman–Crippen MR) is 284 cm³/mol. The van der Waals surface area contributed by atoms with E-state index in [9.17, 15) is 19.0 Å². The molecule has 0 heterocycles. The van der Waals surface area contributed by atoms with Gasteiger partial charge in [0.15, 0.2) is 6.10 Å². The van der Waals surface area contributed by atoms with Gasteiger partial charge in [0.1, 0.15) is 6.61 Å². The van der Waals surface area contributed by atoms with Crippen LogP contribution in [0.5, 0.6) is 0 Å². The lowest BCUT2D eigenvalue weighted by Crippen LogP contribution is -2.29. The predicted octanol–water partition coefficient (Wildman–Crippen LogP) is 16.1. The minimum Gasteiger partial charge on any atom is -0.462 e. The summed E-state index contributed by atoms with van der Waals surface area (Å²) in [7, 11) is -4.40. The highest BCUT2D eigenvalue weighted by Crippen LogP contribution is 2.43. The molecule has 0 bridgehead atoms. The summed E-state index contributed by atoms with van der Waals surface area (Å²) in [5.41, 5.74) is 5.36. The highest BCUT2D eigenvalue weighted by Gasteiger charge is 2.26. The molecule has 380 valence electrons. The second-order valence-electron chi connectivity index (χ2n) is 16.7. The molecule has 0 aromatic carbocycles.